The van der Waals surface area contributed by atoms with E-state index < -0.39 is 11.6 Å². The SMILES string of the molecule is O=c1[nH]c(-c2ccc(OCc3cc(F)ccc3F)cc2)nc2ccccc12. The minimum atomic E-state index is -0.522. The second-order valence-electron chi connectivity index (χ2n) is 5.98. The summed E-state index contributed by atoms with van der Waals surface area (Å²) in [5, 5.41) is 0.526. The van der Waals surface area contributed by atoms with Crippen LogP contribution in [0.1, 0.15) is 5.56 Å². The fourth-order valence-electron chi connectivity index (χ4n) is 2.75. The molecule has 4 nitrogen and oxygen atoms in total. The molecule has 1 aromatic heterocycles. The third kappa shape index (κ3) is 3.55. The Morgan fingerprint density at radius 1 is 0.963 bits per heavy atom. The first-order valence-electron chi connectivity index (χ1n) is 8.26. The van der Waals surface area contributed by atoms with Crippen LogP contribution < -0.4 is 10.3 Å². The molecule has 4 aromatic rings. The van der Waals surface area contributed by atoms with Crippen LogP contribution in [0.4, 0.5) is 8.78 Å². The van der Waals surface area contributed by atoms with Crippen molar-refractivity contribution >= 4 is 10.9 Å². The molecule has 3 aromatic carbocycles. The van der Waals surface area contributed by atoms with Crippen LogP contribution in [-0.4, -0.2) is 9.97 Å². The number of aromatic amines is 1. The largest absolute Gasteiger partial charge is 0.489 e. The first-order valence-corrected chi connectivity index (χ1v) is 8.26. The monoisotopic (exact) mass is 364 g/mol. The molecule has 0 radical (unpaired) electrons. The van der Waals surface area contributed by atoms with Crippen LogP contribution in [0.5, 0.6) is 5.75 Å². The molecule has 0 atom stereocenters. The van der Waals surface area contributed by atoms with Crippen molar-refractivity contribution in [1.29, 1.82) is 0 Å². The molecule has 0 fully saturated rings. The van der Waals surface area contributed by atoms with Gasteiger partial charge in [-0.2, -0.15) is 0 Å². The zero-order chi connectivity index (χ0) is 18.8. The van der Waals surface area contributed by atoms with Gasteiger partial charge in [0.25, 0.3) is 5.56 Å². The molecule has 0 bridgehead atoms. The molecular weight excluding hydrogens is 350 g/mol. The molecule has 0 unspecified atom stereocenters. The average Bonchev–Trinajstić information content (AvgIpc) is 2.69. The predicted molar refractivity (Wildman–Crippen MR) is 98.5 cm³/mol. The summed E-state index contributed by atoms with van der Waals surface area (Å²) in [7, 11) is 0. The molecule has 0 aliphatic heterocycles. The van der Waals surface area contributed by atoms with E-state index in [4.69, 9.17) is 4.74 Å². The topological polar surface area (TPSA) is 55.0 Å². The summed E-state index contributed by atoms with van der Waals surface area (Å²) in [6.07, 6.45) is 0. The van der Waals surface area contributed by atoms with Crippen molar-refractivity contribution in [3.05, 3.63) is 94.3 Å². The third-order valence-corrected chi connectivity index (χ3v) is 4.14. The molecule has 1 heterocycles. The van der Waals surface area contributed by atoms with Crippen LogP contribution in [0.15, 0.2) is 71.5 Å². The van der Waals surface area contributed by atoms with Crippen molar-refractivity contribution in [1.82, 2.24) is 9.97 Å². The Labute approximate surface area is 153 Å². The van der Waals surface area contributed by atoms with Crippen LogP contribution >= 0.6 is 0 Å². The van der Waals surface area contributed by atoms with E-state index in [0.29, 0.717) is 28.0 Å². The summed E-state index contributed by atoms with van der Waals surface area (Å²) in [5.74, 6) is -0.102. The van der Waals surface area contributed by atoms with Crippen molar-refractivity contribution in [3.8, 4) is 17.1 Å². The zero-order valence-corrected chi connectivity index (χ0v) is 14.1. The van der Waals surface area contributed by atoms with Crippen molar-refractivity contribution in [3.63, 3.8) is 0 Å². The minimum Gasteiger partial charge on any atom is -0.489 e. The van der Waals surface area contributed by atoms with E-state index >= 15 is 0 Å². The lowest BCUT2D eigenvalue weighted by atomic mass is 10.2. The molecule has 27 heavy (non-hydrogen) atoms. The van der Waals surface area contributed by atoms with E-state index in [-0.39, 0.29) is 17.7 Å². The van der Waals surface area contributed by atoms with Gasteiger partial charge in [-0.25, -0.2) is 13.8 Å². The van der Waals surface area contributed by atoms with Gasteiger partial charge in [-0.15, -0.1) is 0 Å². The number of H-pyrrole nitrogens is 1. The Kier molecular flexibility index (Phi) is 4.38. The molecular formula is C21H14F2N2O2. The molecule has 134 valence electrons. The van der Waals surface area contributed by atoms with E-state index in [1.807, 2.05) is 6.07 Å². The van der Waals surface area contributed by atoms with Crippen LogP contribution in [0.25, 0.3) is 22.3 Å². The number of rotatable bonds is 4. The molecule has 1 N–H and O–H groups in total. The Bertz CT molecular complexity index is 1170. The minimum absolute atomic E-state index is 0.0893. The summed E-state index contributed by atoms with van der Waals surface area (Å²) in [6, 6.07) is 17.2. The normalized spacial score (nSPS) is 10.9. The number of para-hydroxylation sites is 1. The van der Waals surface area contributed by atoms with Gasteiger partial charge in [0.1, 0.15) is 29.8 Å². The maximum Gasteiger partial charge on any atom is 0.259 e. The maximum atomic E-state index is 13.6. The summed E-state index contributed by atoms with van der Waals surface area (Å²) in [4.78, 5) is 19.4. The van der Waals surface area contributed by atoms with Gasteiger partial charge in [0.15, 0.2) is 0 Å². The van der Waals surface area contributed by atoms with Crippen LogP contribution in [0, 0.1) is 11.6 Å². The summed E-state index contributed by atoms with van der Waals surface area (Å²) >= 11 is 0. The molecule has 0 aliphatic carbocycles. The molecule has 0 spiro atoms. The highest BCUT2D eigenvalue weighted by atomic mass is 19.1. The van der Waals surface area contributed by atoms with Crippen molar-refractivity contribution < 1.29 is 13.5 Å². The molecule has 0 amide bonds. The number of nitrogens with zero attached hydrogens (tertiary/aromatic N) is 1. The maximum absolute atomic E-state index is 13.6. The highest BCUT2D eigenvalue weighted by molar-refractivity contribution is 5.79. The highest BCUT2D eigenvalue weighted by Gasteiger charge is 2.07. The van der Waals surface area contributed by atoms with Crippen molar-refractivity contribution in [2.45, 2.75) is 6.61 Å². The number of ether oxygens (including phenoxy) is 1. The fraction of sp³-hybridized carbons (Fsp3) is 0.0476. The molecule has 4 rings (SSSR count). The number of halogens is 2. The van der Waals surface area contributed by atoms with Gasteiger partial charge in [-0.3, -0.25) is 4.79 Å². The van der Waals surface area contributed by atoms with Gasteiger partial charge in [-0.05, 0) is 54.6 Å². The molecule has 0 saturated heterocycles. The van der Waals surface area contributed by atoms with Gasteiger partial charge in [0, 0.05) is 11.1 Å². The Hall–Kier alpha value is -3.54. The van der Waals surface area contributed by atoms with Crippen molar-refractivity contribution in [2.75, 3.05) is 0 Å². The third-order valence-electron chi connectivity index (χ3n) is 4.14. The van der Waals surface area contributed by atoms with E-state index in [1.54, 1.807) is 42.5 Å². The van der Waals surface area contributed by atoms with Gasteiger partial charge >= 0.3 is 0 Å². The highest BCUT2D eigenvalue weighted by Crippen LogP contribution is 2.21. The van der Waals surface area contributed by atoms with Gasteiger partial charge in [0.05, 0.1) is 10.9 Å². The second kappa shape index (κ2) is 6.99. The number of aromatic nitrogens is 2. The lowest BCUT2D eigenvalue weighted by Gasteiger charge is -2.08. The van der Waals surface area contributed by atoms with Crippen LogP contribution in [-0.2, 0) is 6.61 Å². The average molecular weight is 364 g/mol. The Morgan fingerprint density at radius 3 is 2.56 bits per heavy atom. The smallest absolute Gasteiger partial charge is 0.259 e. The van der Waals surface area contributed by atoms with E-state index in [9.17, 15) is 13.6 Å². The van der Waals surface area contributed by atoms with Gasteiger partial charge in [-0.1, -0.05) is 12.1 Å². The summed E-state index contributed by atoms with van der Waals surface area (Å²) in [5.41, 5.74) is 1.25. The van der Waals surface area contributed by atoms with E-state index in [0.717, 1.165) is 18.2 Å². The standard InChI is InChI=1S/C21H14F2N2O2/c22-15-7-10-18(23)14(11-15)12-27-16-8-5-13(6-9-16)20-24-19-4-2-1-3-17(19)21(26)25-20/h1-11H,12H2,(H,24,25,26). The van der Waals surface area contributed by atoms with E-state index in [1.165, 1.54) is 0 Å². The van der Waals surface area contributed by atoms with Crippen LogP contribution in [0.2, 0.25) is 0 Å². The zero-order valence-electron chi connectivity index (χ0n) is 14.1. The number of benzene rings is 3. The lowest BCUT2D eigenvalue weighted by molar-refractivity contribution is 0.299. The fourth-order valence-corrected chi connectivity index (χ4v) is 2.75. The number of hydrogen-bond donors (Lipinski definition) is 1. The van der Waals surface area contributed by atoms with Gasteiger partial charge < -0.3 is 9.72 Å². The predicted octanol–water partition coefficient (Wildman–Crippen LogP) is 4.45. The lowest BCUT2D eigenvalue weighted by Crippen LogP contribution is -2.09. The van der Waals surface area contributed by atoms with Gasteiger partial charge in [0.2, 0.25) is 0 Å². The van der Waals surface area contributed by atoms with Crippen LogP contribution in [0.3, 0.4) is 0 Å². The quantitative estimate of drug-likeness (QED) is 0.582. The molecule has 0 aliphatic rings. The summed E-state index contributed by atoms with van der Waals surface area (Å²) in [6.45, 7) is -0.0893. The second-order valence-corrected chi connectivity index (χ2v) is 5.98. The van der Waals surface area contributed by atoms with Crippen molar-refractivity contribution in [2.24, 2.45) is 0 Å². The van der Waals surface area contributed by atoms with E-state index in [2.05, 4.69) is 9.97 Å². The molecule has 6 heteroatoms. The Morgan fingerprint density at radius 2 is 1.74 bits per heavy atom. The first-order chi connectivity index (χ1) is 13.1. The summed E-state index contributed by atoms with van der Waals surface area (Å²) < 4.78 is 32.3. The number of fused-ring (bicyclic) bond motifs is 1. The number of hydrogen-bond acceptors (Lipinski definition) is 3. The number of nitrogens with one attached hydrogen (secondary N) is 1. The Balaban J connectivity index is 1.55. The molecule has 0 saturated carbocycles. The first kappa shape index (κ1) is 16.9.